The van der Waals surface area contributed by atoms with Crippen LogP contribution < -0.4 is 30.6 Å². The molecular formula is C18H22ClN5O3. The molecule has 1 unspecified atom stereocenters. The van der Waals surface area contributed by atoms with Gasteiger partial charge in [0.1, 0.15) is 5.75 Å². The van der Waals surface area contributed by atoms with E-state index in [0.717, 1.165) is 11.3 Å². The van der Waals surface area contributed by atoms with Crippen molar-refractivity contribution in [1.29, 1.82) is 0 Å². The van der Waals surface area contributed by atoms with E-state index in [4.69, 9.17) is 25.7 Å². The smallest absolute Gasteiger partial charge is 0.221 e. The molecule has 0 aromatic heterocycles. The summed E-state index contributed by atoms with van der Waals surface area (Å²) in [6.45, 7) is 0. The van der Waals surface area contributed by atoms with Crippen LogP contribution in [0.15, 0.2) is 52.4 Å². The van der Waals surface area contributed by atoms with Crippen LogP contribution in [0.4, 0.5) is 5.69 Å². The maximum absolute atomic E-state index is 6.18. The number of rotatable bonds is 5. The third kappa shape index (κ3) is 3.85. The molecule has 2 aromatic carbocycles. The number of halogens is 1. The van der Waals surface area contributed by atoms with Crippen LogP contribution >= 0.6 is 12.4 Å². The number of para-hydroxylation sites is 2. The highest BCUT2D eigenvalue weighted by Crippen LogP contribution is 2.38. The molecule has 1 aliphatic rings. The minimum Gasteiger partial charge on any atom is -0.495 e. The van der Waals surface area contributed by atoms with Gasteiger partial charge in [-0.05, 0) is 24.3 Å². The van der Waals surface area contributed by atoms with Gasteiger partial charge in [0, 0.05) is 5.56 Å². The van der Waals surface area contributed by atoms with Crippen molar-refractivity contribution in [2.75, 3.05) is 26.2 Å². The lowest BCUT2D eigenvalue weighted by atomic mass is 10.1. The molecule has 1 heterocycles. The van der Waals surface area contributed by atoms with E-state index in [-0.39, 0.29) is 24.3 Å². The van der Waals surface area contributed by atoms with Crippen LogP contribution in [0, 0.1) is 0 Å². The average molecular weight is 392 g/mol. The Bertz CT molecular complexity index is 872. The lowest BCUT2D eigenvalue weighted by molar-refractivity contribution is 0.354. The Labute approximate surface area is 163 Å². The van der Waals surface area contributed by atoms with Gasteiger partial charge in [-0.1, -0.05) is 18.2 Å². The monoisotopic (exact) mass is 391 g/mol. The van der Waals surface area contributed by atoms with Crippen LogP contribution in [0.3, 0.4) is 0 Å². The first-order valence-corrected chi connectivity index (χ1v) is 7.90. The number of hydrogen-bond acceptors (Lipinski definition) is 8. The zero-order valence-electron chi connectivity index (χ0n) is 15.2. The minimum atomic E-state index is -0.524. The number of benzene rings is 2. The van der Waals surface area contributed by atoms with Gasteiger partial charge in [0.15, 0.2) is 17.7 Å². The number of guanidine groups is 2. The molecule has 0 aliphatic carbocycles. The van der Waals surface area contributed by atoms with Crippen LogP contribution in [-0.2, 0) is 0 Å². The minimum absolute atomic E-state index is 0. The number of ether oxygens (including phenoxy) is 3. The molecule has 9 heteroatoms. The zero-order valence-corrected chi connectivity index (χ0v) is 16.1. The van der Waals surface area contributed by atoms with E-state index in [1.54, 1.807) is 26.2 Å². The Balaban J connectivity index is 0.00000261. The van der Waals surface area contributed by atoms with Crippen LogP contribution in [0.1, 0.15) is 11.7 Å². The zero-order chi connectivity index (χ0) is 18.7. The molecule has 0 bridgehead atoms. The summed E-state index contributed by atoms with van der Waals surface area (Å²) in [5, 5.41) is 0. The number of nitrogens with zero attached hydrogens (tertiary/aromatic N) is 3. The summed E-state index contributed by atoms with van der Waals surface area (Å²) < 4.78 is 16.2. The second-order valence-electron chi connectivity index (χ2n) is 5.49. The first-order valence-electron chi connectivity index (χ1n) is 7.90. The SMILES string of the molecule is COc1ccc(C2N=C(N)N=C(N)N2c2ccccc2OC)cc1OC.Cl. The second kappa shape index (κ2) is 8.50. The molecule has 27 heavy (non-hydrogen) atoms. The standard InChI is InChI=1S/C18H21N5O3.ClH/c1-24-13-7-5-4-6-12(13)23-16(21-17(19)22-18(23)20)11-8-9-14(25-2)15(10-11)26-3;/h4-10,16H,1-3H3,(H4,19,20,21,22);1H. The van der Waals surface area contributed by atoms with E-state index in [2.05, 4.69) is 9.98 Å². The highest BCUT2D eigenvalue weighted by molar-refractivity contribution is 6.05. The van der Waals surface area contributed by atoms with Gasteiger partial charge in [-0.15, -0.1) is 12.4 Å². The van der Waals surface area contributed by atoms with E-state index >= 15 is 0 Å². The van der Waals surface area contributed by atoms with Crippen molar-refractivity contribution in [3.63, 3.8) is 0 Å². The van der Waals surface area contributed by atoms with Gasteiger partial charge in [-0.3, -0.25) is 4.90 Å². The first-order chi connectivity index (χ1) is 12.6. The van der Waals surface area contributed by atoms with Gasteiger partial charge in [0.05, 0.1) is 27.0 Å². The molecule has 0 saturated carbocycles. The average Bonchev–Trinajstić information content (AvgIpc) is 2.66. The maximum atomic E-state index is 6.18. The molecule has 0 amide bonds. The molecule has 1 aliphatic heterocycles. The fraction of sp³-hybridized carbons (Fsp3) is 0.222. The van der Waals surface area contributed by atoms with E-state index in [1.807, 2.05) is 42.5 Å². The van der Waals surface area contributed by atoms with E-state index in [9.17, 15) is 0 Å². The van der Waals surface area contributed by atoms with Crippen molar-refractivity contribution < 1.29 is 14.2 Å². The summed E-state index contributed by atoms with van der Waals surface area (Å²) in [6.07, 6.45) is -0.524. The molecule has 4 N–H and O–H groups in total. The van der Waals surface area contributed by atoms with Gasteiger partial charge in [-0.2, -0.15) is 4.99 Å². The number of nitrogens with two attached hydrogens (primary N) is 2. The second-order valence-corrected chi connectivity index (χ2v) is 5.49. The normalized spacial score (nSPS) is 16.0. The summed E-state index contributed by atoms with van der Waals surface area (Å²) in [4.78, 5) is 10.3. The van der Waals surface area contributed by atoms with Crippen LogP contribution in [-0.4, -0.2) is 33.2 Å². The Kier molecular flexibility index (Phi) is 6.36. The van der Waals surface area contributed by atoms with Crippen LogP contribution in [0.25, 0.3) is 0 Å². The summed E-state index contributed by atoms with van der Waals surface area (Å²) in [5.41, 5.74) is 13.6. The van der Waals surface area contributed by atoms with Crippen LogP contribution in [0.5, 0.6) is 17.2 Å². The third-order valence-electron chi connectivity index (χ3n) is 4.03. The molecule has 0 fully saturated rings. The summed E-state index contributed by atoms with van der Waals surface area (Å²) in [6, 6.07) is 13.0. The first kappa shape index (κ1) is 20.2. The van der Waals surface area contributed by atoms with Gasteiger partial charge >= 0.3 is 0 Å². The van der Waals surface area contributed by atoms with Crippen molar-refractivity contribution in [3.8, 4) is 17.2 Å². The van der Waals surface area contributed by atoms with Crippen molar-refractivity contribution in [2.45, 2.75) is 6.17 Å². The lowest BCUT2D eigenvalue weighted by Gasteiger charge is -2.33. The fourth-order valence-electron chi connectivity index (χ4n) is 2.83. The number of aliphatic imine (C=N–C) groups is 2. The van der Waals surface area contributed by atoms with Crippen molar-refractivity contribution in [2.24, 2.45) is 21.5 Å². The Morgan fingerprint density at radius 3 is 2.22 bits per heavy atom. The molecule has 0 saturated heterocycles. The quantitative estimate of drug-likeness (QED) is 0.809. The van der Waals surface area contributed by atoms with Gasteiger partial charge in [-0.25, -0.2) is 4.99 Å². The molecule has 8 nitrogen and oxygen atoms in total. The van der Waals surface area contributed by atoms with Crippen molar-refractivity contribution >= 4 is 30.0 Å². The molecule has 1 atom stereocenters. The third-order valence-corrected chi connectivity index (χ3v) is 4.03. The molecule has 0 spiro atoms. The maximum Gasteiger partial charge on any atom is 0.221 e. The predicted octanol–water partition coefficient (Wildman–Crippen LogP) is 2.28. The fourth-order valence-corrected chi connectivity index (χ4v) is 2.83. The van der Waals surface area contributed by atoms with E-state index in [0.29, 0.717) is 17.2 Å². The predicted molar refractivity (Wildman–Crippen MR) is 108 cm³/mol. The molecule has 2 aromatic rings. The largest absolute Gasteiger partial charge is 0.495 e. The Hall–Kier alpha value is -3.13. The van der Waals surface area contributed by atoms with Crippen molar-refractivity contribution in [3.05, 3.63) is 48.0 Å². The summed E-state index contributed by atoms with van der Waals surface area (Å²) in [5.74, 6) is 2.18. The van der Waals surface area contributed by atoms with Crippen molar-refractivity contribution in [1.82, 2.24) is 0 Å². The molecular weight excluding hydrogens is 370 g/mol. The molecule has 144 valence electrons. The summed E-state index contributed by atoms with van der Waals surface area (Å²) in [7, 11) is 4.76. The highest BCUT2D eigenvalue weighted by Gasteiger charge is 2.30. The number of hydrogen-bond donors (Lipinski definition) is 2. The topological polar surface area (TPSA) is 108 Å². The number of methoxy groups -OCH3 is 3. The number of anilines is 1. The van der Waals surface area contributed by atoms with Gasteiger partial charge in [0.25, 0.3) is 0 Å². The van der Waals surface area contributed by atoms with E-state index in [1.165, 1.54) is 0 Å². The van der Waals surface area contributed by atoms with Gasteiger partial charge in [0.2, 0.25) is 11.9 Å². The molecule has 3 rings (SSSR count). The Morgan fingerprint density at radius 1 is 0.889 bits per heavy atom. The van der Waals surface area contributed by atoms with Gasteiger partial charge < -0.3 is 25.7 Å². The Morgan fingerprint density at radius 2 is 1.56 bits per heavy atom. The highest BCUT2D eigenvalue weighted by atomic mass is 35.5. The summed E-state index contributed by atoms with van der Waals surface area (Å²) >= 11 is 0. The lowest BCUT2D eigenvalue weighted by Crippen LogP contribution is -2.44. The van der Waals surface area contributed by atoms with E-state index < -0.39 is 6.17 Å². The molecule has 0 radical (unpaired) electrons. The van der Waals surface area contributed by atoms with Crippen LogP contribution in [0.2, 0.25) is 0 Å².